The highest BCUT2D eigenvalue weighted by Crippen LogP contribution is 2.11. The summed E-state index contributed by atoms with van der Waals surface area (Å²) >= 11 is 2.24. The molecule has 0 saturated carbocycles. The predicted molar refractivity (Wildman–Crippen MR) is 58.8 cm³/mol. The van der Waals surface area contributed by atoms with Gasteiger partial charge in [0.25, 0.3) is 0 Å². The number of hydrogen-bond acceptors (Lipinski definition) is 2. The molecule has 0 unspecified atom stereocenters. The van der Waals surface area contributed by atoms with Crippen molar-refractivity contribution in [1.82, 2.24) is 0 Å². The highest BCUT2D eigenvalue weighted by Gasteiger charge is 2.35. The number of nitrogens with two attached hydrogens (primary N) is 2. The van der Waals surface area contributed by atoms with Gasteiger partial charge in [-0.1, -0.05) is 0 Å². The van der Waals surface area contributed by atoms with Crippen LogP contribution in [0.5, 0.6) is 0 Å². The summed E-state index contributed by atoms with van der Waals surface area (Å²) in [6.45, 7) is 0. The van der Waals surface area contributed by atoms with Crippen LogP contribution in [0.25, 0.3) is 0 Å². The first-order valence-corrected chi connectivity index (χ1v) is 4.69. The lowest BCUT2D eigenvalue weighted by Gasteiger charge is -1.95. The van der Waals surface area contributed by atoms with Crippen LogP contribution in [0.15, 0.2) is 24.3 Å². The zero-order chi connectivity index (χ0) is 12.1. The number of carbonyl (C=O) groups excluding carboxylic acids is 1. The van der Waals surface area contributed by atoms with E-state index in [2.05, 4.69) is 28.3 Å². The largest absolute Gasteiger partial charge is 0.470 e. The van der Waals surface area contributed by atoms with Gasteiger partial charge in [0, 0.05) is 9.26 Å². The maximum Gasteiger partial charge on any atom is 0.470 e. The van der Waals surface area contributed by atoms with Gasteiger partial charge >= 0.3 is 12.1 Å². The number of benzene rings is 1. The normalized spacial score (nSPS) is 10.1. The summed E-state index contributed by atoms with van der Waals surface area (Å²) < 4.78 is 33.3. The van der Waals surface area contributed by atoms with Crippen LogP contribution in [0.1, 0.15) is 0 Å². The summed E-state index contributed by atoms with van der Waals surface area (Å²) in [5.41, 5.74) is 10.1. The van der Waals surface area contributed by atoms with Crippen LogP contribution in [0.2, 0.25) is 0 Å². The maximum atomic E-state index is 10.7. The fraction of sp³-hybridized carbons (Fsp3) is 0.125. The van der Waals surface area contributed by atoms with E-state index in [1.807, 2.05) is 24.3 Å². The minimum Gasteiger partial charge on any atom is -0.399 e. The van der Waals surface area contributed by atoms with Crippen molar-refractivity contribution in [3.05, 3.63) is 27.8 Å². The molecule has 0 aliphatic carbocycles. The number of amides is 1. The van der Waals surface area contributed by atoms with Crippen molar-refractivity contribution in [2.75, 3.05) is 5.73 Å². The van der Waals surface area contributed by atoms with Gasteiger partial charge in [-0.2, -0.15) is 13.2 Å². The number of primary amides is 1. The number of halogens is 4. The highest BCUT2D eigenvalue weighted by molar-refractivity contribution is 14.1. The van der Waals surface area contributed by atoms with Crippen molar-refractivity contribution >= 4 is 34.2 Å². The first-order chi connectivity index (χ1) is 6.73. The Hall–Kier alpha value is -0.990. The SMILES string of the molecule is NC(=O)C(F)(F)F.Nc1ccc(I)cc1. The molecule has 0 spiro atoms. The van der Waals surface area contributed by atoms with Crippen molar-refractivity contribution in [3.8, 4) is 0 Å². The first kappa shape index (κ1) is 14.0. The van der Waals surface area contributed by atoms with E-state index < -0.39 is 12.1 Å². The summed E-state index contributed by atoms with van der Waals surface area (Å²) in [6.07, 6.45) is -4.86. The van der Waals surface area contributed by atoms with Crippen LogP contribution < -0.4 is 11.5 Å². The molecular formula is C8H8F3IN2O. The molecule has 0 saturated heterocycles. The average Bonchev–Trinajstić information content (AvgIpc) is 2.09. The third-order valence-electron chi connectivity index (χ3n) is 1.15. The number of carbonyl (C=O) groups is 1. The summed E-state index contributed by atoms with van der Waals surface area (Å²) in [5.74, 6) is -2.26. The molecule has 0 radical (unpaired) electrons. The lowest BCUT2D eigenvalue weighted by Crippen LogP contribution is -2.30. The minimum atomic E-state index is -4.86. The van der Waals surface area contributed by atoms with Gasteiger partial charge in [0.15, 0.2) is 0 Å². The third kappa shape index (κ3) is 7.00. The quantitative estimate of drug-likeness (QED) is 0.563. The summed E-state index contributed by atoms with van der Waals surface area (Å²) in [7, 11) is 0. The van der Waals surface area contributed by atoms with E-state index in [4.69, 9.17) is 10.5 Å². The summed E-state index contributed by atoms with van der Waals surface area (Å²) in [5, 5.41) is 0. The van der Waals surface area contributed by atoms with Crippen molar-refractivity contribution in [2.24, 2.45) is 5.73 Å². The smallest absolute Gasteiger partial charge is 0.399 e. The lowest BCUT2D eigenvalue weighted by molar-refractivity contribution is -0.169. The lowest BCUT2D eigenvalue weighted by atomic mass is 10.3. The molecule has 15 heavy (non-hydrogen) atoms. The monoisotopic (exact) mass is 332 g/mol. The second kappa shape index (κ2) is 5.79. The average molecular weight is 332 g/mol. The van der Waals surface area contributed by atoms with Crippen molar-refractivity contribution < 1.29 is 18.0 Å². The van der Waals surface area contributed by atoms with E-state index in [1.54, 1.807) is 0 Å². The van der Waals surface area contributed by atoms with E-state index >= 15 is 0 Å². The van der Waals surface area contributed by atoms with E-state index in [9.17, 15) is 13.2 Å². The molecule has 1 rings (SSSR count). The van der Waals surface area contributed by atoms with Crippen LogP contribution in [-0.4, -0.2) is 12.1 Å². The predicted octanol–water partition coefficient (Wildman–Crippen LogP) is 1.91. The highest BCUT2D eigenvalue weighted by atomic mass is 127. The number of anilines is 1. The molecule has 1 amide bonds. The van der Waals surface area contributed by atoms with E-state index in [0.29, 0.717) is 0 Å². The molecular weight excluding hydrogens is 324 g/mol. The maximum absolute atomic E-state index is 10.7. The van der Waals surface area contributed by atoms with Gasteiger partial charge in [0.2, 0.25) is 0 Å². The molecule has 3 nitrogen and oxygen atoms in total. The summed E-state index contributed by atoms with van der Waals surface area (Å²) in [6, 6.07) is 7.75. The minimum absolute atomic E-state index is 0.824. The van der Waals surface area contributed by atoms with Gasteiger partial charge in [-0.25, -0.2) is 0 Å². The van der Waals surface area contributed by atoms with Gasteiger partial charge in [-0.3, -0.25) is 4.79 Å². The Bertz CT molecular complexity index is 303. The second-order valence-corrected chi connectivity index (χ2v) is 3.66. The zero-order valence-corrected chi connectivity index (χ0v) is 9.54. The Kier molecular flexibility index (Phi) is 5.40. The first-order valence-electron chi connectivity index (χ1n) is 3.61. The number of hydrogen-bond donors (Lipinski definition) is 2. The van der Waals surface area contributed by atoms with Gasteiger partial charge in [-0.05, 0) is 46.9 Å². The Morgan fingerprint density at radius 3 is 1.73 bits per heavy atom. The fourth-order valence-electron chi connectivity index (χ4n) is 0.463. The van der Waals surface area contributed by atoms with Crippen molar-refractivity contribution in [1.29, 1.82) is 0 Å². The van der Waals surface area contributed by atoms with Crippen LogP contribution in [-0.2, 0) is 4.79 Å². The van der Waals surface area contributed by atoms with Gasteiger partial charge in [-0.15, -0.1) is 0 Å². The Morgan fingerprint density at radius 1 is 1.20 bits per heavy atom. The molecule has 0 aliphatic rings. The molecule has 0 aromatic heterocycles. The second-order valence-electron chi connectivity index (χ2n) is 2.41. The van der Waals surface area contributed by atoms with E-state index in [1.165, 1.54) is 3.57 Å². The van der Waals surface area contributed by atoms with E-state index in [-0.39, 0.29) is 0 Å². The molecule has 84 valence electrons. The van der Waals surface area contributed by atoms with Gasteiger partial charge in [0.1, 0.15) is 0 Å². The Balaban J connectivity index is 0.000000265. The molecule has 1 aromatic rings. The van der Waals surface area contributed by atoms with Crippen LogP contribution >= 0.6 is 22.6 Å². The van der Waals surface area contributed by atoms with Gasteiger partial charge in [0.05, 0.1) is 0 Å². The molecule has 7 heteroatoms. The van der Waals surface area contributed by atoms with Crippen molar-refractivity contribution in [2.45, 2.75) is 6.18 Å². The number of nitrogen functional groups attached to an aromatic ring is 1. The standard InChI is InChI=1S/C6H6IN.C2H2F3NO/c7-5-1-3-6(8)4-2-5;3-2(4,5)1(6)7/h1-4H,8H2;(H2,6,7). The number of rotatable bonds is 0. The molecule has 4 N–H and O–H groups in total. The molecule has 1 aromatic carbocycles. The fourth-order valence-corrected chi connectivity index (χ4v) is 0.822. The molecule has 0 bridgehead atoms. The van der Waals surface area contributed by atoms with Gasteiger partial charge < -0.3 is 11.5 Å². The van der Waals surface area contributed by atoms with Crippen LogP contribution in [0.4, 0.5) is 18.9 Å². The topological polar surface area (TPSA) is 69.1 Å². The third-order valence-corrected chi connectivity index (χ3v) is 1.87. The van der Waals surface area contributed by atoms with Crippen molar-refractivity contribution in [3.63, 3.8) is 0 Å². The Morgan fingerprint density at radius 2 is 1.53 bits per heavy atom. The van der Waals surface area contributed by atoms with E-state index in [0.717, 1.165) is 5.69 Å². The molecule has 0 fully saturated rings. The van der Waals surface area contributed by atoms with Crippen LogP contribution in [0.3, 0.4) is 0 Å². The summed E-state index contributed by atoms with van der Waals surface area (Å²) in [4.78, 5) is 9.12. The number of alkyl halides is 3. The molecule has 0 heterocycles. The molecule has 0 atom stereocenters. The zero-order valence-electron chi connectivity index (χ0n) is 7.38. The van der Waals surface area contributed by atoms with Crippen LogP contribution in [0, 0.1) is 3.57 Å². The Labute approximate surface area is 97.8 Å². The molecule has 0 aliphatic heterocycles.